The van der Waals surface area contributed by atoms with E-state index >= 15 is 0 Å². The highest BCUT2D eigenvalue weighted by molar-refractivity contribution is 6.07. The Morgan fingerprint density at radius 3 is 2.42 bits per heavy atom. The van der Waals surface area contributed by atoms with E-state index in [0.717, 1.165) is 16.5 Å². The maximum Gasteiger partial charge on any atom is 0.319 e. The van der Waals surface area contributed by atoms with Gasteiger partial charge in [-0.15, -0.1) is 0 Å². The van der Waals surface area contributed by atoms with Crippen LogP contribution < -0.4 is 16.0 Å². The third-order valence-corrected chi connectivity index (χ3v) is 4.74. The number of pyridine rings is 2. The van der Waals surface area contributed by atoms with Crippen LogP contribution in [0.4, 0.5) is 16.2 Å². The molecular formula is C24H21N5O2. The first-order valence-electron chi connectivity index (χ1n) is 9.80. The fourth-order valence-corrected chi connectivity index (χ4v) is 3.17. The molecule has 0 fully saturated rings. The van der Waals surface area contributed by atoms with E-state index in [2.05, 4.69) is 25.9 Å². The van der Waals surface area contributed by atoms with Gasteiger partial charge in [-0.2, -0.15) is 0 Å². The highest BCUT2D eigenvalue weighted by Gasteiger charge is 2.12. The van der Waals surface area contributed by atoms with Gasteiger partial charge in [0.25, 0.3) is 5.91 Å². The number of rotatable bonds is 5. The summed E-state index contributed by atoms with van der Waals surface area (Å²) in [4.78, 5) is 33.5. The fourth-order valence-electron chi connectivity index (χ4n) is 3.17. The van der Waals surface area contributed by atoms with Gasteiger partial charge in [0, 0.05) is 35.7 Å². The lowest BCUT2D eigenvalue weighted by Crippen LogP contribution is -2.28. The van der Waals surface area contributed by atoms with Gasteiger partial charge in [0.1, 0.15) is 0 Å². The molecule has 31 heavy (non-hydrogen) atoms. The number of hydrogen-bond acceptors (Lipinski definition) is 4. The van der Waals surface area contributed by atoms with E-state index in [1.165, 1.54) is 0 Å². The molecule has 0 spiro atoms. The Bertz CT molecular complexity index is 1240. The molecule has 4 rings (SSSR count). The van der Waals surface area contributed by atoms with Crippen LogP contribution in [0.15, 0.2) is 79.1 Å². The number of anilines is 2. The van der Waals surface area contributed by atoms with Gasteiger partial charge in [0.2, 0.25) is 0 Å². The summed E-state index contributed by atoms with van der Waals surface area (Å²) in [7, 11) is 0. The molecule has 0 unspecified atom stereocenters. The van der Waals surface area contributed by atoms with Crippen LogP contribution in [0, 0.1) is 6.92 Å². The predicted octanol–water partition coefficient (Wildman–Crippen LogP) is 4.51. The van der Waals surface area contributed by atoms with Crippen molar-refractivity contribution in [2.24, 2.45) is 0 Å². The lowest BCUT2D eigenvalue weighted by Gasteiger charge is -2.11. The van der Waals surface area contributed by atoms with E-state index in [1.54, 1.807) is 36.7 Å². The monoisotopic (exact) mass is 411 g/mol. The number of benzene rings is 2. The molecule has 154 valence electrons. The van der Waals surface area contributed by atoms with Gasteiger partial charge in [0.05, 0.1) is 16.8 Å². The summed E-state index contributed by atoms with van der Waals surface area (Å²) in [6, 6.07) is 19.8. The van der Waals surface area contributed by atoms with Crippen molar-refractivity contribution in [3.05, 3.63) is 95.9 Å². The van der Waals surface area contributed by atoms with Gasteiger partial charge in [-0.25, -0.2) is 4.79 Å². The maximum atomic E-state index is 12.8. The quantitative estimate of drug-likeness (QED) is 0.450. The molecule has 0 bridgehead atoms. The molecule has 7 nitrogen and oxygen atoms in total. The van der Waals surface area contributed by atoms with E-state index in [9.17, 15) is 9.59 Å². The van der Waals surface area contributed by atoms with Crippen molar-refractivity contribution < 1.29 is 9.59 Å². The van der Waals surface area contributed by atoms with Crippen LogP contribution in [0.25, 0.3) is 10.9 Å². The lowest BCUT2D eigenvalue weighted by molar-refractivity contribution is 0.102. The highest BCUT2D eigenvalue weighted by atomic mass is 16.2. The number of para-hydroxylation sites is 1. The Balaban J connectivity index is 1.42. The van der Waals surface area contributed by atoms with Crippen molar-refractivity contribution in [3.8, 4) is 0 Å². The molecular weight excluding hydrogens is 390 g/mol. The van der Waals surface area contributed by atoms with Crippen LogP contribution in [0.2, 0.25) is 0 Å². The summed E-state index contributed by atoms with van der Waals surface area (Å²) in [6.45, 7) is 2.20. The average molecular weight is 411 g/mol. The first kappa shape index (κ1) is 20.0. The minimum Gasteiger partial charge on any atom is -0.334 e. The van der Waals surface area contributed by atoms with Gasteiger partial charge in [-0.3, -0.25) is 14.8 Å². The number of carbonyl (C=O) groups excluding carboxylic acids is 2. The second kappa shape index (κ2) is 9.04. The SMILES string of the molecule is Cc1nc2ccccc2cc1C(=O)Nc1cccc(NC(=O)NCc2ccncc2)c1. The minimum atomic E-state index is -0.338. The van der Waals surface area contributed by atoms with E-state index in [4.69, 9.17) is 0 Å². The minimum absolute atomic E-state index is 0.255. The molecule has 0 atom stereocenters. The normalized spacial score (nSPS) is 10.5. The number of hydrogen-bond donors (Lipinski definition) is 3. The molecule has 0 aliphatic carbocycles. The van der Waals surface area contributed by atoms with Crippen LogP contribution in [0.1, 0.15) is 21.6 Å². The van der Waals surface area contributed by atoms with Crippen LogP contribution in [-0.2, 0) is 6.54 Å². The molecule has 0 saturated heterocycles. The van der Waals surface area contributed by atoms with Gasteiger partial charge < -0.3 is 16.0 Å². The number of aryl methyl sites for hydroxylation is 1. The zero-order chi connectivity index (χ0) is 21.6. The largest absolute Gasteiger partial charge is 0.334 e. The van der Waals surface area contributed by atoms with Crippen LogP contribution in [-0.4, -0.2) is 21.9 Å². The second-order valence-corrected chi connectivity index (χ2v) is 7.01. The Hall–Kier alpha value is -4.26. The number of nitrogens with zero attached hydrogens (tertiary/aromatic N) is 2. The highest BCUT2D eigenvalue weighted by Crippen LogP contribution is 2.19. The number of nitrogens with one attached hydrogen (secondary N) is 3. The molecule has 2 heterocycles. The zero-order valence-electron chi connectivity index (χ0n) is 16.9. The summed E-state index contributed by atoms with van der Waals surface area (Å²) in [5, 5.41) is 9.34. The molecule has 2 aromatic carbocycles. The third kappa shape index (κ3) is 5.02. The summed E-state index contributed by atoms with van der Waals surface area (Å²) < 4.78 is 0. The Morgan fingerprint density at radius 2 is 1.61 bits per heavy atom. The molecule has 0 saturated carbocycles. The number of carbonyl (C=O) groups is 2. The topological polar surface area (TPSA) is 96.0 Å². The molecule has 4 aromatic rings. The maximum absolute atomic E-state index is 12.8. The first-order valence-corrected chi connectivity index (χ1v) is 9.80. The van der Waals surface area contributed by atoms with Crippen molar-refractivity contribution in [2.75, 3.05) is 10.6 Å². The number of urea groups is 1. The Morgan fingerprint density at radius 1 is 0.871 bits per heavy atom. The van der Waals surface area contributed by atoms with E-state index in [0.29, 0.717) is 29.2 Å². The lowest BCUT2D eigenvalue weighted by atomic mass is 10.1. The standard InChI is InChI=1S/C24H21N5O2/c1-16-21(13-18-5-2-3-8-22(18)27-16)23(30)28-19-6-4-7-20(14-19)29-24(31)26-15-17-9-11-25-12-10-17/h2-14H,15H2,1H3,(H,28,30)(H2,26,29,31). The molecule has 7 heteroatoms. The molecule has 3 amide bonds. The van der Waals surface area contributed by atoms with Gasteiger partial charge in [-0.1, -0.05) is 24.3 Å². The smallest absolute Gasteiger partial charge is 0.319 e. The van der Waals surface area contributed by atoms with Crippen molar-refractivity contribution in [1.29, 1.82) is 0 Å². The van der Waals surface area contributed by atoms with Crippen LogP contribution in [0.3, 0.4) is 0 Å². The Labute approximate surface area is 179 Å². The summed E-state index contributed by atoms with van der Waals surface area (Å²) in [5.74, 6) is -0.255. The van der Waals surface area contributed by atoms with Crippen molar-refractivity contribution in [2.45, 2.75) is 13.5 Å². The van der Waals surface area contributed by atoms with Gasteiger partial charge in [-0.05, 0) is 55.0 Å². The van der Waals surface area contributed by atoms with E-state index < -0.39 is 0 Å². The molecule has 0 radical (unpaired) electrons. The summed E-state index contributed by atoms with van der Waals surface area (Å²) >= 11 is 0. The van der Waals surface area contributed by atoms with Crippen molar-refractivity contribution >= 4 is 34.2 Å². The first-order chi connectivity index (χ1) is 15.1. The van der Waals surface area contributed by atoms with Crippen molar-refractivity contribution in [3.63, 3.8) is 0 Å². The number of fused-ring (bicyclic) bond motifs is 1. The second-order valence-electron chi connectivity index (χ2n) is 7.01. The van der Waals surface area contributed by atoms with Crippen molar-refractivity contribution in [1.82, 2.24) is 15.3 Å². The molecule has 0 aliphatic rings. The molecule has 0 aliphatic heterocycles. The average Bonchev–Trinajstić information content (AvgIpc) is 2.78. The van der Waals surface area contributed by atoms with E-state index in [1.807, 2.05) is 49.4 Å². The van der Waals surface area contributed by atoms with Crippen LogP contribution >= 0.6 is 0 Å². The number of aromatic nitrogens is 2. The predicted molar refractivity (Wildman–Crippen MR) is 121 cm³/mol. The zero-order valence-corrected chi connectivity index (χ0v) is 16.9. The van der Waals surface area contributed by atoms with Crippen LogP contribution in [0.5, 0.6) is 0 Å². The molecule has 2 aromatic heterocycles. The molecule has 3 N–H and O–H groups in total. The summed E-state index contributed by atoms with van der Waals surface area (Å²) in [5.41, 5.74) is 4.10. The Kier molecular flexibility index (Phi) is 5.84. The summed E-state index contributed by atoms with van der Waals surface area (Å²) in [6.07, 6.45) is 3.35. The number of amides is 3. The third-order valence-electron chi connectivity index (χ3n) is 4.74. The van der Waals surface area contributed by atoms with Gasteiger partial charge in [0.15, 0.2) is 0 Å². The van der Waals surface area contributed by atoms with E-state index in [-0.39, 0.29) is 11.9 Å². The fraction of sp³-hybridized carbons (Fsp3) is 0.0833. The van der Waals surface area contributed by atoms with Gasteiger partial charge >= 0.3 is 6.03 Å².